The predicted octanol–water partition coefficient (Wildman–Crippen LogP) is 4.17. The Balaban J connectivity index is 1.65. The van der Waals surface area contributed by atoms with Gasteiger partial charge in [-0.3, -0.25) is 0 Å². The molecule has 0 radical (unpaired) electrons. The van der Waals surface area contributed by atoms with E-state index in [1.54, 1.807) is 12.1 Å². The van der Waals surface area contributed by atoms with Gasteiger partial charge in [0.05, 0.1) is 0 Å². The van der Waals surface area contributed by atoms with Crippen LogP contribution in [0.25, 0.3) is 0 Å². The fourth-order valence-electron chi connectivity index (χ4n) is 2.11. The molecule has 0 spiro atoms. The zero-order chi connectivity index (χ0) is 17.7. The van der Waals surface area contributed by atoms with Crippen molar-refractivity contribution in [3.05, 3.63) is 90.2 Å². The van der Waals surface area contributed by atoms with E-state index in [0.717, 1.165) is 29.8 Å². The van der Waals surface area contributed by atoms with Gasteiger partial charge in [-0.25, -0.2) is 4.39 Å². The standard InChI is InChI=1S/C19H15FO4S/c20-16-6-12-19(13-7-16)25(21,22)24-18-10-8-17(9-11-18)23-14-15-4-2-1-3-5-15/h1-13H,14H2. The number of hydrogen-bond donors (Lipinski definition) is 0. The summed E-state index contributed by atoms with van der Waals surface area (Å²) in [5.41, 5.74) is 1.03. The van der Waals surface area contributed by atoms with E-state index in [1.165, 1.54) is 12.1 Å². The summed E-state index contributed by atoms with van der Waals surface area (Å²) in [4.78, 5) is -0.113. The number of hydrogen-bond acceptors (Lipinski definition) is 4. The average molecular weight is 358 g/mol. The van der Waals surface area contributed by atoms with Crippen LogP contribution in [0.4, 0.5) is 4.39 Å². The normalized spacial score (nSPS) is 11.1. The molecule has 4 nitrogen and oxygen atoms in total. The maximum Gasteiger partial charge on any atom is 0.339 e. The van der Waals surface area contributed by atoms with Crippen molar-refractivity contribution in [2.24, 2.45) is 0 Å². The zero-order valence-corrected chi connectivity index (χ0v) is 13.9. The lowest BCUT2D eigenvalue weighted by Gasteiger charge is -2.09. The van der Waals surface area contributed by atoms with Crippen LogP contribution in [0.3, 0.4) is 0 Å². The Morgan fingerprint density at radius 1 is 0.760 bits per heavy atom. The van der Waals surface area contributed by atoms with E-state index in [-0.39, 0.29) is 10.6 Å². The fourth-order valence-corrected chi connectivity index (χ4v) is 3.04. The third kappa shape index (κ3) is 4.58. The predicted molar refractivity (Wildman–Crippen MR) is 91.4 cm³/mol. The Morgan fingerprint density at radius 3 is 2.00 bits per heavy atom. The molecule has 0 saturated carbocycles. The molecule has 0 atom stereocenters. The van der Waals surface area contributed by atoms with Gasteiger partial charge in [0.25, 0.3) is 0 Å². The highest BCUT2D eigenvalue weighted by Crippen LogP contribution is 2.22. The molecule has 3 rings (SSSR count). The maximum atomic E-state index is 12.9. The fraction of sp³-hybridized carbons (Fsp3) is 0.0526. The third-order valence-electron chi connectivity index (χ3n) is 3.38. The molecule has 0 aliphatic rings. The minimum absolute atomic E-state index is 0.113. The number of halogens is 1. The minimum atomic E-state index is -4.01. The largest absolute Gasteiger partial charge is 0.489 e. The van der Waals surface area contributed by atoms with Crippen molar-refractivity contribution in [1.29, 1.82) is 0 Å². The van der Waals surface area contributed by atoms with Gasteiger partial charge in [-0.1, -0.05) is 30.3 Å². The molecular formula is C19H15FO4S. The van der Waals surface area contributed by atoms with Crippen molar-refractivity contribution in [3.8, 4) is 11.5 Å². The molecule has 0 aliphatic heterocycles. The minimum Gasteiger partial charge on any atom is -0.489 e. The summed E-state index contributed by atoms with van der Waals surface area (Å²) < 4.78 is 47.8. The van der Waals surface area contributed by atoms with Crippen LogP contribution in [0.15, 0.2) is 83.8 Å². The van der Waals surface area contributed by atoms with E-state index < -0.39 is 15.9 Å². The SMILES string of the molecule is O=S(=O)(Oc1ccc(OCc2ccccc2)cc1)c1ccc(F)cc1. The molecule has 0 aromatic heterocycles. The zero-order valence-electron chi connectivity index (χ0n) is 13.1. The Bertz CT molecular complexity index is 921. The highest BCUT2D eigenvalue weighted by atomic mass is 32.2. The molecule has 0 aliphatic carbocycles. The molecule has 0 N–H and O–H groups in total. The quantitative estimate of drug-likeness (QED) is 0.621. The molecule has 0 amide bonds. The molecule has 3 aromatic rings. The van der Waals surface area contributed by atoms with Crippen molar-refractivity contribution < 1.29 is 21.7 Å². The van der Waals surface area contributed by atoms with Crippen molar-refractivity contribution in [3.63, 3.8) is 0 Å². The molecule has 0 bridgehead atoms. The summed E-state index contributed by atoms with van der Waals surface area (Å²) in [7, 11) is -4.01. The molecule has 0 heterocycles. The van der Waals surface area contributed by atoms with E-state index in [2.05, 4.69) is 0 Å². The van der Waals surface area contributed by atoms with Gasteiger partial charge >= 0.3 is 10.1 Å². The highest BCUT2D eigenvalue weighted by Gasteiger charge is 2.16. The van der Waals surface area contributed by atoms with Crippen molar-refractivity contribution >= 4 is 10.1 Å². The van der Waals surface area contributed by atoms with Crippen molar-refractivity contribution in [2.75, 3.05) is 0 Å². The first-order chi connectivity index (χ1) is 12.0. The van der Waals surface area contributed by atoms with E-state index in [4.69, 9.17) is 8.92 Å². The van der Waals surface area contributed by atoms with Crippen LogP contribution in [0, 0.1) is 5.82 Å². The molecule has 25 heavy (non-hydrogen) atoms. The van der Waals surface area contributed by atoms with Gasteiger partial charge in [0.1, 0.15) is 28.8 Å². The molecular weight excluding hydrogens is 343 g/mol. The Morgan fingerprint density at radius 2 is 1.36 bits per heavy atom. The summed E-state index contributed by atoms with van der Waals surface area (Å²) in [6.45, 7) is 0.412. The van der Waals surface area contributed by atoms with E-state index in [9.17, 15) is 12.8 Å². The molecule has 0 saturated heterocycles. The van der Waals surface area contributed by atoms with Crippen molar-refractivity contribution in [1.82, 2.24) is 0 Å². The lowest BCUT2D eigenvalue weighted by molar-refractivity contribution is 0.306. The third-order valence-corrected chi connectivity index (χ3v) is 4.64. The van der Waals surface area contributed by atoms with Crippen LogP contribution in [0.5, 0.6) is 11.5 Å². The topological polar surface area (TPSA) is 52.6 Å². The monoisotopic (exact) mass is 358 g/mol. The second-order valence-electron chi connectivity index (χ2n) is 5.24. The van der Waals surface area contributed by atoms with Gasteiger partial charge in [0.2, 0.25) is 0 Å². The van der Waals surface area contributed by atoms with Crippen molar-refractivity contribution in [2.45, 2.75) is 11.5 Å². The van der Waals surface area contributed by atoms with Gasteiger partial charge in [-0.15, -0.1) is 0 Å². The van der Waals surface area contributed by atoms with Gasteiger partial charge in [-0.2, -0.15) is 8.42 Å². The van der Waals surface area contributed by atoms with E-state index >= 15 is 0 Å². The second kappa shape index (κ2) is 7.36. The Kier molecular flexibility index (Phi) is 5.00. The summed E-state index contributed by atoms with van der Waals surface area (Å²) in [6.07, 6.45) is 0. The Hall–Kier alpha value is -2.86. The summed E-state index contributed by atoms with van der Waals surface area (Å²) in [5.74, 6) is 0.227. The summed E-state index contributed by atoms with van der Waals surface area (Å²) in [5, 5.41) is 0. The Labute approximate surface area is 145 Å². The molecule has 3 aromatic carbocycles. The van der Waals surface area contributed by atoms with Crippen LogP contribution >= 0.6 is 0 Å². The molecule has 128 valence electrons. The molecule has 0 unspecified atom stereocenters. The van der Waals surface area contributed by atoms with Gasteiger partial charge in [0, 0.05) is 0 Å². The first-order valence-corrected chi connectivity index (χ1v) is 8.91. The van der Waals surface area contributed by atoms with E-state index in [0.29, 0.717) is 12.4 Å². The summed E-state index contributed by atoms with van der Waals surface area (Å²) in [6, 6.07) is 20.4. The van der Waals surface area contributed by atoms with Crippen LogP contribution in [-0.2, 0) is 16.7 Å². The first kappa shape index (κ1) is 17.0. The number of rotatable bonds is 6. The summed E-state index contributed by atoms with van der Waals surface area (Å²) >= 11 is 0. The maximum absolute atomic E-state index is 12.9. The van der Waals surface area contributed by atoms with Crippen LogP contribution in [0.1, 0.15) is 5.56 Å². The lowest BCUT2D eigenvalue weighted by Crippen LogP contribution is -2.09. The van der Waals surface area contributed by atoms with Gasteiger partial charge in [-0.05, 0) is 54.1 Å². The van der Waals surface area contributed by atoms with Gasteiger partial charge in [0.15, 0.2) is 0 Å². The first-order valence-electron chi connectivity index (χ1n) is 7.50. The highest BCUT2D eigenvalue weighted by molar-refractivity contribution is 7.87. The van der Waals surface area contributed by atoms with E-state index in [1.807, 2.05) is 30.3 Å². The van der Waals surface area contributed by atoms with Crippen LogP contribution in [-0.4, -0.2) is 8.42 Å². The van der Waals surface area contributed by atoms with Crippen LogP contribution < -0.4 is 8.92 Å². The molecule has 0 fully saturated rings. The number of ether oxygens (including phenoxy) is 1. The lowest BCUT2D eigenvalue weighted by atomic mass is 10.2. The second-order valence-corrected chi connectivity index (χ2v) is 6.78. The van der Waals surface area contributed by atoms with Crippen LogP contribution in [0.2, 0.25) is 0 Å². The van der Waals surface area contributed by atoms with Gasteiger partial charge < -0.3 is 8.92 Å². The smallest absolute Gasteiger partial charge is 0.339 e. The number of benzene rings is 3. The average Bonchev–Trinajstić information content (AvgIpc) is 2.62. The molecule has 6 heteroatoms.